The maximum atomic E-state index is 7.52. The fourth-order valence-electron chi connectivity index (χ4n) is 2.64. The van der Waals surface area contributed by atoms with E-state index in [1.54, 1.807) is 0 Å². The number of nitrogens with zero attached hydrogens (tertiary/aromatic N) is 1. The molecule has 2 fully saturated rings. The number of likely N-dealkylation sites (tertiary alicyclic amines) is 1. The van der Waals surface area contributed by atoms with E-state index in [9.17, 15) is 0 Å². The Hall–Kier alpha value is -0.610. The van der Waals surface area contributed by atoms with Gasteiger partial charge in [-0.15, -0.1) is 0 Å². The van der Waals surface area contributed by atoms with Crippen molar-refractivity contribution in [3.05, 3.63) is 0 Å². The molecule has 0 aliphatic carbocycles. The van der Waals surface area contributed by atoms with Gasteiger partial charge in [-0.2, -0.15) is 0 Å². The molecule has 2 aliphatic heterocycles. The average molecular weight is 211 g/mol. The zero-order valence-electron chi connectivity index (χ0n) is 9.24. The van der Waals surface area contributed by atoms with Gasteiger partial charge in [-0.25, -0.2) is 0 Å². The number of rotatable bonds is 2. The summed E-state index contributed by atoms with van der Waals surface area (Å²) in [7, 11) is 0. The van der Waals surface area contributed by atoms with Gasteiger partial charge in [0.2, 0.25) is 0 Å². The summed E-state index contributed by atoms with van der Waals surface area (Å²) in [6.07, 6.45) is 4.56. The molecule has 4 heteroatoms. The molecule has 0 spiro atoms. The molecule has 1 atom stereocenters. The Morgan fingerprint density at radius 2 is 2.00 bits per heavy atom. The van der Waals surface area contributed by atoms with Crippen LogP contribution in [0.1, 0.15) is 25.7 Å². The Labute approximate surface area is 91.3 Å². The van der Waals surface area contributed by atoms with Gasteiger partial charge in [0.25, 0.3) is 0 Å². The first-order chi connectivity index (χ1) is 7.27. The lowest BCUT2D eigenvalue weighted by molar-refractivity contribution is 0.0230. The summed E-state index contributed by atoms with van der Waals surface area (Å²) in [4.78, 5) is 2.51. The number of nitrogens with two attached hydrogens (primary N) is 1. The molecule has 3 N–H and O–H groups in total. The van der Waals surface area contributed by atoms with Crippen molar-refractivity contribution >= 4 is 5.84 Å². The Balaban J connectivity index is 1.88. The molecule has 86 valence electrons. The van der Waals surface area contributed by atoms with E-state index in [1.807, 2.05) is 0 Å². The Bertz CT molecular complexity index is 226. The van der Waals surface area contributed by atoms with Gasteiger partial charge in [-0.05, 0) is 32.2 Å². The molecular formula is C11H21N3O. The van der Waals surface area contributed by atoms with Gasteiger partial charge >= 0.3 is 0 Å². The van der Waals surface area contributed by atoms with Gasteiger partial charge in [0.15, 0.2) is 0 Å². The number of hydrogen-bond donors (Lipinski definition) is 2. The normalized spacial score (nSPS) is 30.3. The van der Waals surface area contributed by atoms with Crippen LogP contribution < -0.4 is 5.73 Å². The fraction of sp³-hybridized carbons (Fsp3) is 0.909. The lowest BCUT2D eigenvalue weighted by Gasteiger charge is -2.39. The SMILES string of the molecule is N=C(N)C1CCCN(C2CCOCC2)C1. The Kier molecular flexibility index (Phi) is 3.59. The maximum absolute atomic E-state index is 7.52. The summed E-state index contributed by atoms with van der Waals surface area (Å²) >= 11 is 0. The van der Waals surface area contributed by atoms with Crippen LogP contribution in [0.5, 0.6) is 0 Å². The highest BCUT2D eigenvalue weighted by atomic mass is 16.5. The van der Waals surface area contributed by atoms with Gasteiger partial charge in [0.05, 0.1) is 5.84 Å². The van der Waals surface area contributed by atoms with E-state index in [1.165, 1.54) is 13.0 Å². The molecule has 2 heterocycles. The molecule has 0 saturated carbocycles. The molecule has 15 heavy (non-hydrogen) atoms. The van der Waals surface area contributed by atoms with Crippen molar-refractivity contribution in [3.63, 3.8) is 0 Å². The lowest BCUT2D eigenvalue weighted by Crippen LogP contribution is -2.47. The summed E-state index contributed by atoms with van der Waals surface area (Å²) < 4.78 is 5.37. The molecule has 0 aromatic carbocycles. The van der Waals surface area contributed by atoms with E-state index in [-0.39, 0.29) is 0 Å². The molecule has 0 aromatic heterocycles. The second-order valence-corrected chi connectivity index (χ2v) is 4.63. The van der Waals surface area contributed by atoms with Crippen LogP contribution in [0.3, 0.4) is 0 Å². The minimum absolute atomic E-state index is 0.293. The standard InChI is InChI=1S/C11H21N3O/c12-11(13)9-2-1-5-14(8-9)10-3-6-15-7-4-10/h9-10H,1-8H2,(H3,12,13). The molecule has 2 aliphatic rings. The highest BCUT2D eigenvalue weighted by molar-refractivity contribution is 5.79. The largest absolute Gasteiger partial charge is 0.387 e. The topological polar surface area (TPSA) is 62.3 Å². The summed E-state index contributed by atoms with van der Waals surface area (Å²) in [5.41, 5.74) is 5.59. The Morgan fingerprint density at radius 1 is 1.27 bits per heavy atom. The van der Waals surface area contributed by atoms with Crippen LogP contribution in [0.25, 0.3) is 0 Å². The smallest absolute Gasteiger partial charge is 0.0949 e. The molecule has 0 amide bonds. The van der Waals surface area contributed by atoms with Crippen LogP contribution in [0.4, 0.5) is 0 Å². The molecular weight excluding hydrogens is 190 g/mol. The van der Waals surface area contributed by atoms with Crippen molar-refractivity contribution in [2.75, 3.05) is 26.3 Å². The summed E-state index contributed by atoms with van der Waals surface area (Å²) in [5, 5.41) is 7.52. The maximum Gasteiger partial charge on any atom is 0.0949 e. The third kappa shape index (κ3) is 2.69. The van der Waals surface area contributed by atoms with Crippen LogP contribution in [0.15, 0.2) is 0 Å². The van der Waals surface area contributed by atoms with Crippen LogP contribution in [0.2, 0.25) is 0 Å². The van der Waals surface area contributed by atoms with E-state index < -0.39 is 0 Å². The predicted octanol–water partition coefficient (Wildman–Crippen LogP) is 0.813. The Morgan fingerprint density at radius 3 is 2.67 bits per heavy atom. The average Bonchev–Trinajstić information content (AvgIpc) is 2.30. The second-order valence-electron chi connectivity index (χ2n) is 4.63. The van der Waals surface area contributed by atoms with Crippen molar-refractivity contribution < 1.29 is 4.74 Å². The number of nitrogens with one attached hydrogen (secondary N) is 1. The van der Waals surface area contributed by atoms with Crippen LogP contribution in [-0.2, 0) is 4.74 Å². The van der Waals surface area contributed by atoms with E-state index >= 15 is 0 Å². The lowest BCUT2D eigenvalue weighted by atomic mass is 9.94. The fourth-order valence-corrected chi connectivity index (χ4v) is 2.64. The molecule has 2 rings (SSSR count). The monoisotopic (exact) mass is 211 g/mol. The van der Waals surface area contributed by atoms with E-state index in [0.717, 1.165) is 39.0 Å². The number of hydrogen-bond acceptors (Lipinski definition) is 3. The van der Waals surface area contributed by atoms with Crippen molar-refractivity contribution in [1.29, 1.82) is 5.41 Å². The van der Waals surface area contributed by atoms with E-state index in [2.05, 4.69) is 4.90 Å². The molecule has 0 bridgehead atoms. The summed E-state index contributed by atoms with van der Waals surface area (Å²) in [6, 6.07) is 0.667. The van der Waals surface area contributed by atoms with Crippen LogP contribution in [-0.4, -0.2) is 43.1 Å². The van der Waals surface area contributed by atoms with Crippen molar-refractivity contribution in [1.82, 2.24) is 4.90 Å². The summed E-state index contributed by atoms with van der Waals surface area (Å²) in [5.74, 6) is 0.661. The molecule has 2 saturated heterocycles. The van der Waals surface area contributed by atoms with E-state index in [0.29, 0.717) is 17.8 Å². The van der Waals surface area contributed by atoms with Gasteiger partial charge in [0.1, 0.15) is 0 Å². The summed E-state index contributed by atoms with van der Waals surface area (Å²) in [6.45, 7) is 3.95. The minimum Gasteiger partial charge on any atom is -0.387 e. The number of ether oxygens (including phenoxy) is 1. The second kappa shape index (κ2) is 4.94. The van der Waals surface area contributed by atoms with Crippen LogP contribution >= 0.6 is 0 Å². The number of piperidine rings is 1. The predicted molar refractivity (Wildman–Crippen MR) is 60.1 cm³/mol. The highest BCUT2D eigenvalue weighted by Crippen LogP contribution is 2.22. The van der Waals surface area contributed by atoms with Gasteiger partial charge in [0, 0.05) is 31.7 Å². The van der Waals surface area contributed by atoms with Crippen molar-refractivity contribution in [2.45, 2.75) is 31.7 Å². The third-order valence-electron chi connectivity index (χ3n) is 3.60. The first-order valence-electron chi connectivity index (χ1n) is 5.93. The minimum atomic E-state index is 0.293. The third-order valence-corrected chi connectivity index (χ3v) is 3.60. The first-order valence-corrected chi connectivity index (χ1v) is 5.93. The first kappa shape index (κ1) is 10.9. The van der Waals surface area contributed by atoms with E-state index in [4.69, 9.17) is 15.9 Å². The zero-order chi connectivity index (χ0) is 10.7. The number of amidine groups is 1. The molecule has 1 unspecified atom stereocenters. The van der Waals surface area contributed by atoms with Crippen molar-refractivity contribution in [2.24, 2.45) is 11.7 Å². The van der Waals surface area contributed by atoms with Gasteiger partial charge in [-0.3, -0.25) is 10.3 Å². The van der Waals surface area contributed by atoms with Crippen molar-refractivity contribution in [3.8, 4) is 0 Å². The van der Waals surface area contributed by atoms with Gasteiger partial charge in [-0.1, -0.05) is 0 Å². The van der Waals surface area contributed by atoms with Crippen LogP contribution in [0, 0.1) is 11.3 Å². The zero-order valence-corrected chi connectivity index (χ0v) is 9.24. The quantitative estimate of drug-likeness (QED) is 0.525. The van der Waals surface area contributed by atoms with Gasteiger partial charge < -0.3 is 10.5 Å². The highest BCUT2D eigenvalue weighted by Gasteiger charge is 2.28. The molecule has 0 radical (unpaired) electrons. The molecule has 0 aromatic rings. The molecule has 4 nitrogen and oxygen atoms in total.